The Bertz CT molecular complexity index is 318. The van der Waals surface area contributed by atoms with Crippen LogP contribution in [0.4, 0.5) is 5.82 Å². The Morgan fingerprint density at radius 1 is 1.43 bits per heavy atom. The topological polar surface area (TPSA) is 24.9 Å². The molecule has 0 bridgehead atoms. The molecular weight excluding hydrogens is 239 g/mol. The second kappa shape index (κ2) is 5.69. The van der Waals surface area contributed by atoms with E-state index in [1.165, 1.54) is 0 Å². The molecule has 0 saturated heterocycles. The van der Waals surface area contributed by atoms with Crippen molar-refractivity contribution in [1.82, 2.24) is 4.98 Å². The maximum atomic E-state index is 6.00. The summed E-state index contributed by atoms with van der Waals surface area (Å²) < 4.78 is 0. The van der Waals surface area contributed by atoms with E-state index in [1.807, 2.05) is 0 Å². The fourth-order valence-corrected chi connectivity index (χ4v) is 2.29. The van der Waals surface area contributed by atoms with Gasteiger partial charge in [-0.05, 0) is 18.2 Å². The summed E-state index contributed by atoms with van der Waals surface area (Å²) >= 11 is 13.6. The number of nitrogens with one attached hydrogen (secondary N) is 1. The number of pyridine rings is 1. The van der Waals surface area contributed by atoms with Crippen LogP contribution in [0.3, 0.4) is 0 Å². The Kier molecular flexibility index (Phi) is 4.85. The van der Waals surface area contributed by atoms with Gasteiger partial charge in [0.1, 0.15) is 10.8 Å². The molecule has 1 aromatic rings. The average Bonchev–Trinajstić information content (AvgIpc) is 2.17. The quantitative estimate of drug-likeness (QED) is 0.820. The van der Waals surface area contributed by atoms with Gasteiger partial charge in [0.2, 0.25) is 0 Å². The molecule has 0 amide bonds. The van der Waals surface area contributed by atoms with Crippen LogP contribution in [-0.2, 0) is 0 Å². The third-order valence-electron chi connectivity index (χ3n) is 1.58. The lowest BCUT2D eigenvalue weighted by Crippen LogP contribution is -1.95. The first kappa shape index (κ1) is 12.0. The summed E-state index contributed by atoms with van der Waals surface area (Å²) in [7, 11) is 1.79. The van der Waals surface area contributed by atoms with E-state index in [1.54, 1.807) is 24.9 Å². The molecule has 0 aliphatic heterocycles. The minimum atomic E-state index is 0.554. The largest absolute Gasteiger partial charge is 0.372 e. The second-order valence-corrected chi connectivity index (χ2v) is 4.60. The number of hydrogen-bond acceptors (Lipinski definition) is 3. The van der Waals surface area contributed by atoms with E-state index in [2.05, 4.69) is 17.2 Å². The number of halogens is 2. The van der Waals surface area contributed by atoms with Crippen LogP contribution < -0.4 is 5.32 Å². The summed E-state index contributed by atoms with van der Waals surface area (Å²) in [6.07, 6.45) is 1.10. The van der Waals surface area contributed by atoms with Crippen molar-refractivity contribution in [2.45, 2.75) is 18.4 Å². The second-order valence-electron chi connectivity index (χ2n) is 2.70. The van der Waals surface area contributed by atoms with Crippen LogP contribution in [0.15, 0.2) is 11.1 Å². The monoisotopic (exact) mass is 250 g/mol. The van der Waals surface area contributed by atoms with Crippen LogP contribution in [0.2, 0.25) is 10.0 Å². The molecule has 0 atom stereocenters. The number of rotatable bonds is 4. The fraction of sp³-hybridized carbons (Fsp3) is 0.444. The van der Waals surface area contributed by atoms with Crippen molar-refractivity contribution < 1.29 is 0 Å². The van der Waals surface area contributed by atoms with Crippen molar-refractivity contribution in [2.24, 2.45) is 0 Å². The van der Waals surface area contributed by atoms with Crippen LogP contribution >= 0.6 is 35.0 Å². The predicted molar refractivity (Wildman–Crippen MR) is 64.8 cm³/mol. The van der Waals surface area contributed by atoms with Gasteiger partial charge in [0, 0.05) is 7.05 Å². The smallest absolute Gasteiger partial charge is 0.145 e. The van der Waals surface area contributed by atoms with E-state index in [-0.39, 0.29) is 0 Å². The van der Waals surface area contributed by atoms with Crippen molar-refractivity contribution in [3.63, 3.8) is 0 Å². The molecular formula is C9H12Cl2N2S. The molecule has 2 nitrogen and oxygen atoms in total. The zero-order valence-electron chi connectivity index (χ0n) is 8.10. The zero-order valence-corrected chi connectivity index (χ0v) is 10.4. The maximum absolute atomic E-state index is 6.00. The fourth-order valence-electron chi connectivity index (χ4n) is 0.925. The van der Waals surface area contributed by atoms with E-state index >= 15 is 0 Å². The highest BCUT2D eigenvalue weighted by atomic mass is 35.5. The average molecular weight is 251 g/mol. The van der Waals surface area contributed by atoms with Gasteiger partial charge in [-0.1, -0.05) is 30.1 Å². The van der Waals surface area contributed by atoms with Gasteiger partial charge < -0.3 is 5.32 Å². The molecule has 1 rings (SSSR count). The van der Waals surface area contributed by atoms with E-state index in [0.29, 0.717) is 15.9 Å². The van der Waals surface area contributed by atoms with Gasteiger partial charge in [-0.15, -0.1) is 11.8 Å². The van der Waals surface area contributed by atoms with Crippen LogP contribution in [0.5, 0.6) is 0 Å². The van der Waals surface area contributed by atoms with E-state index in [9.17, 15) is 0 Å². The van der Waals surface area contributed by atoms with Crippen molar-refractivity contribution in [2.75, 3.05) is 18.1 Å². The van der Waals surface area contributed by atoms with Crippen molar-refractivity contribution >= 4 is 40.8 Å². The summed E-state index contributed by atoms with van der Waals surface area (Å²) in [6, 6.07) is 1.72. The summed E-state index contributed by atoms with van der Waals surface area (Å²) in [5.41, 5.74) is 0. The third kappa shape index (κ3) is 2.94. The first-order valence-electron chi connectivity index (χ1n) is 4.35. The van der Waals surface area contributed by atoms with Crippen molar-refractivity contribution in [3.05, 3.63) is 16.1 Å². The minimum Gasteiger partial charge on any atom is -0.372 e. The van der Waals surface area contributed by atoms with Gasteiger partial charge in [0.25, 0.3) is 0 Å². The lowest BCUT2D eigenvalue weighted by Gasteiger charge is -2.07. The van der Waals surface area contributed by atoms with Gasteiger partial charge in [0.15, 0.2) is 0 Å². The van der Waals surface area contributed by atoms with E-state index < -0.39 is 0 Å². The van der Waals surface area contributed by atoms with Crippen LogP contribution in [-0.4, -0.2) is 17.8 Å². The summed E-state index contributed by atoms with van der Waals surface area (Å²) in [5.74, 6) is 1.69. The molecule has 0 saturated carbocycles. The van der Waals surface area contributed by atoms with Gasteiger partial charge in [-0.3, -0.25) is 0 Å². The zero-order chi connectivity index (χ0) is 10.6. The summed E-state index contributed by atoms with van der Waals surface area (Å²) in [6.45, 7) is 2.12. The molecule has 0 aromatic carbocycles. The lowest BCUT2D eigenvalue weighted by molar-refractivity contribution is 1.08. The van der Waals surface area contributed by atoms with Crippen molar-refractivity contribution in [3.8, 4) is 0 Å². The Hall–Kier alpha value is -0.120. The summed E-state index contributed by atoms with van der Waals surface area (Å²) in [5, 5.41) is 4.93. The molecule has 1 heterocycles. The standard InChI is InChI=1S/C9H12Cl2N2S/c1-3-4-14-9-7(11)5-6(10)8(12-2)13-9/h5H,3-4H2,1-2H3,(H,12,13). The number of aromatic nitrogens is 1. The van der Waals surface area contributed by atoms with Crippen molar-refractivity contribution in [1.29, 1.82) is 0 Å². The number of thioether (sulfide) groups is 1. The first-order valence-corrected chi connectivity index (χ1v) is 6.09. The highest BCUT2D eigenvalue weighted by Crippen LogP contribution is 2.31. The van der Waals surface area contributed by atoms with Gasteiger partial charge in [0.05, 0.1) is 10.0 Å². The number of anilines is 1. The molecule has 0 aliphatic carbocycles. The predicted octanol–water partition coefficient (Wildman–Crippen LogP) is 3.93. The molecule has 0 aliphatic rings. The highest BCUT2D eigenvalue weighted by Gasteiger charge is 2.07. The number of hydrogen-bond donors (Lipinski definition) is 1. The lowest BCUT2D eigenvalue weighted by atomic mass is 10.4. The Morgan fingerprint density at radius 3 is 2.71 bits per heavy atom. The molecule has 1 N–H and O–H groups in total. The molecule has 0 fully saturated rings. The Balaban J connectivity index is 2.92. The van der Waals surface area contributed by atoms with Gasteiger partial charge >= 0.3 is 0 Å². The molecule has 0 radical (unpaired) electrons. The minimum absolute atomic E-state index is 0.554. The van der Waals surface area contributed by atoms with Gasteiger partial charge in [-0.2, -0.15) is 0 Å². The Labute approximate surface area is 98.4 Å². The highest BCUT2D eigenvalue weighted by molar-refractivity contribution is 7.99. The summed E-state index contributed by atoms with van der Waals surface area (Å²) in [4.78, 5) is 4.32. The molecule has 78 valence electrons. The maximum Gasteiger partial charge on any atom is 0.145 e. The molecule has 1 aromatic heterocycles. The first-order chi connectivity index (χ1) is 6.69. The molecule has 14 heavy (non-hydrogen) atoms. The third-order valence-corrected chi connectivity index (χ3v) is 3.46. The SMILES string of the molecule is CCCSc1nc(NC)c(Cl)cc1Cl. The normalized spacial score (nSPS) is 10.3. The van der Waals surface area contributed by atoms with Crippen LogP contribution in [0, 0.1) is 0 Å². The number of nitrogens with zero attached hydrogens (tertiary/aromatic N) is 1. The van der Waals surface area contributed by atoms with Crippen LogP contribution in [0.1, 0.15) is 13.3 Å². The molecule has 0 spiro atoms. The Morgan fingerprint density at radius 2 is 2.14 bits per heavy atom. The molecule has 0 unspecified atom stereocenters. The van der Waals surface area contributed by atoms with E-state index in [0.717, 1.165) is 17.2 Å². The van der Waals surface area contributed by atoms with E-state index in [4.69, 9.17) is 23.2 Å². The van der Waals surface area contributed by atoms with Crippen LogP contribution in [0.25, 0.3) is 0 Å². The molecule has 5 heteroatoms. The van der Waals surface area contributed by atoms with Gasteiger partial charge in [-0.25, -0.2) is 4.98 Å².